The van der Waals surface area contributed by atoms with Gasteiger partial charge in [-0.25, -0.2) is 4.79 Å². The van der Waals surface area contributed by atoms with Gasteiger partial charge < -0.3 is 15.5 Å². The minimum Gasteiger partial charge on any atom is -0.478 e. The smallest absolute Gasteiger partial charge is 0.336 e. The molecule has 3 N–H and O–H groups in total. The predicted octanol–water partition coefficient (Wildman–Crippen LogP) is 3.11. The van der Waals surface area contributed by atoms with Gasteiger partial charge in [-0.3, -0.25) is 0 Å². The maximum Gasteiger partial charge on any atom is 0.336 e. The van der Waals surface area contributed by atoms with Crippen molar-refractivity contribution >= 4 is 22.4 Å². The fraction of sp³-hybridized carbons (Fsp3) is 0.353. The first-order valence-corrected chi connectivity index (χ1v) is 7.25. The molecular weight excluding hydrogens is 266 g/mol. The number of benzene rings is 2. The van der Waals surface area contributed by atoms with Crippen molar-refractivity contribution in [2.45, 2.75) is 19.3 Å². The molecule has 2 aromatic carbocycles. The third-order valence-corrected chi connectivity index (χ3v) is 4.41. The number of fused-ring (bicyclic) bond motifs is 1. The zero-order chi connectivity index (χ0) is 14.9. The number of hydrogen-bond donors (Lipinski definition) is 3. The van der Waals surface area contributed by atoms with Gasteiger partial charge in [-0.1, -0.05) is 24.3 Å². The summed E-state index contributed by atoms with van der Waals surface area (Å²) < 4.78 is 0. The van der Waals surface area contributed by atoms with Crippen molar-refractivity contribution in [2.75, 3.05) is 18.5 Å². The van der Waals surface area contributed by atoms with Crippen LogP contribution in [0, 0.1) is 5.41 Å². The second-order valence-electron chi connectivity index (χ2n) is 5.84. The summed E-state index contributed by atoms with van der Waals surface area (Å²) in [5, 5.41) is 23.5. The van der Waals surface area contributed by atoms with Crippen molar-refractivity contribution in [3.8, 4) is 0 Å². The molecule has 2 aromatic rings. The zero-order valence-corrected chi connectivity index (χ0v) is 11.8. The number of carbonyl (C=O) groups is 1. The van der Waals surface area contributed by atoms with Gasteiger partial charge >= 0.3 is 5.97 Å². The van der Waals surface area contributed by atoms with Gasteiger partial charge in [0.25, 0.3) is 0 Å². The highest BCUT2D eigenvalue weighted by atomic mass is 16.4. The highest BCUT2D eigenvalue weighted by Gasteiger charge is 2.41. The van der Waals surface area contributed by atoms with E-state index >= 15 is 0 Å². The first-order valence-electron chi connectivity index (χ1n) is 7.25. The van der Waals surface area contributed by atoms with Gasteiger partial charge in [-0.05, 0) is 42.2 Å². The molecule has 0 radical (unpaired) electrons. The molecule has 1 saturated carbocycles. The molecule has 0 bridgehead atoms. The SMILES string of the molecule is O=C(O)c1ccc(NCC2(CCO)CC2)c2ccccc12. The maximum atomic E-state index is 11.3. The summed E-state index contributed by atoms with van der Waals surface area (Å²) in [5.41, 5.74) is 1.51. The Hall–Kier alpha value is -2.07. The Morgan fingerprint density at radius 1 is 1.14 bits per heavy atom. The van der Waals surface area contributed by atoms with Gasteiger partial charge in [0, 0.05) is 24.2 Å². The number of carboxylic acids is 1. The molecular formula is C17H19NO3. The van der Waals surface area contributed by atoms with Crippen LogP contribution in [0.5, 0.6) is 0 Å². The average Bonchev–Trinajstić information content (AvgIpc) is 3.25. The lowest BCUT2D eigenvalue weighted by Gasteiger charge is -2.17. The molecule has 0 atom stereocenters. The number of nitrogens with one attached hydrogen (secondary N) is 1. The van der Waals surface area contributed by atoms with Gasteiger partial charge in [0.15, 0.2) is 0 Å². The van der Waals surface area contributed by atoms with Crippen LogP contribution in [-0.4, -0.2) is 29.3 Å². The van der Waals surface area contributed by atoms with E-state index in [4.69, 9.17) is 5.11 Å². The molecule has 0 unspecified atom stereocenters. The van der Waals surface area contributed by atoms with Crippen molar-refractivity contribution in [1.82, 2.24) is 0 Å². The fourth-order valence-electron chi connectivity index (χ4n) is 2.85. The molecule has 4 heteroatoms. The number of anilines is 1. The van der Waals surface area contributed by atoms with E-state index in [1.807, 2.05) is 30.3 Å². The van der Waals surface area contributed by atoms with Crippen molar-refractivity contribution in [1.29, 1.82) is 0 Å². The van der Waals surface area contributed by atoms with E-state index in [2.05, 4.69) is 5.32 Å². The van der Waals surface area contributed by atoms with E-state index in [-0.39, 0.29) is 12.0 Å². The van der Waals surface area contributed by atoms with Crippen molar-refractivity contribution in [3.63, 3.8) is 0 Å². The van der Waals surface area contributed by atoms with Crippen molar-refractivity contribution < 1.29 is 15.0 Å². The van der Waals surface area contributed by atoms with E-state index in [9.17, 15) is 9.90 Å². The molecule has 0 saturated heterocycles. The summed E-state index contributed by atoms with van der Waals surface area (Å²) in [6, 6.07) is 11.0. The minimum atomic E-state index is -0.906. The molecule has 1 aliphatic rings. The normalized spacial score (nSPS) is 15.9. The molecule has 0 amide bonds. The van der Waals surface area contributed by atoms with Gasteiger partial charge in [-0.15, -0.1) is 0 Å². The van der Waals surface area contributed by atoms with E-state index < -0.39 is 5.97 Å². The maximum absolute atomic E-state index is 11.3. The monoisotopic (exact) mass is 285 g/mol. The summed E-state index contributed by atoms with van der Waals surface area (Å²) in [4.78, 5) is 11.3. The summed E-state index contributed by atoms with van der Waals surface area (Å²) >= 11 is 0. The second kappa shape index (κ2) is 5.37. The van der Waals surface area contributed by atoms with E-state index in [1.165, 1.54) is 0 Å². The highest BCUT2D eigenvalue weighted by molar-refractivity contribution is 6.07. The van der Waals surface area contributed by atoms with Crippen molar-refractivity contribution in [2.24, 2.45) is 5.41 Å². The molecule has 110 valence electrons. The van der Waals surface area contributed by atoms with Crippen LogP contribution >= 0.6 is 0 Å². The van der Waals surface area contributed by atoms with E-state index in [0.29, 0.717) is 5.56 Å². The molecule has 0 spiro atoms. The highest BCUT2D eigenvalue weighted by Crippen LogP contribution is 2.48. The zero-order valence-electron chi connectivity index (χ0n) is 11.8. The van der Waals surface area contributed by atoms with Gasteiger partial charge in [0.1, 0.15) is 0 Å². The lowest BCUT2D eigenvalue weighted by Crippen LogP contribution is -2.17. The Bertz CT molecular complexity index is 677. The van der Waals surface area contributed by atoms with Gasteiger partial charge in [0.2, 0.25) is 0 Å². The number of carboxylic acid groups (broad SMARTS) is 1. The molecule has 1 fully saturated rings. The first-order chi connectivity index (χ1) is 10.2. The van der Waals surface area contributed by atoms with Crippen LogP contribution in [0.15, 0.2) is 36.4 Å². The Morgan fingerprint density at radius 2 is 1.86 bits per heavy atom. The average molecular weight is 285 g/mol. The third kappa shape index (κ3) is 2.72. The summed E-state index contributed by atoms with van der Waals surface area (Å²) in [7, 11) is 0. The van der Waals surface area contributed by atoms with Crippen LogP contribution in [0.3, 0.4) is 0 Å². The molecule has 3 rings (SSSR count). The summed E-state index contributed by atoms with van der Waals surface area (Å²) in [6.07, 6.45) is 3.11. The summed E-state index contributed by atoms with van der Waals surface area (Å²) in [6.45, 7) is 1.05. The van der Waals surface area contributed by atoms with E-state index in [0.717, 1.165) is 42.3 Å². The molecule has 21 heavy (non-hydrogen) atoms. The number of aliphatic hydroxyl groups excluding tert-OH is 1. The standard InChI is InChI=1S/C17H19NO3/c19-10-9-17(7-8-17)11-18-15-6-5-14(16(20)21)12-3-1-2-4-13(12)15/h1-6,18-19H,7-11H2,(H,20,21). The Labute approximate surface area is 123 Å². The van der Waals surface area contributed by atoms with Crippen LogP contribution in [0.25, 0.3) is 10.8 Å². The Balaban J connectivity index is 1.89. The molecule has 0 aliphatic heterocycles. The van der Waals surface area contributed by atoms with Crippen molar-refractivity contribution in [3.05, 3.63) is 42.0 Å². The fourth-order valence-corrected chi connectivity index (χ4v) is 2.85. The minimum absolute atomic E-state index is 0.223. The number of rotatable bonds is 6. The molecule has 1 aliphatic carbocycles. The van der Waals surface area contributed by atoms with Gasteiger partial charge in [0.05, 0.1) is 5.56 Å². The lowest BCUT2D eigenvalue weighted by molar-refractivity contribution is 0.0699. The molecule has 4 nitrogen and oxygen atoms in total. The largest absolute Gasteiger partial charge is 0.478 e. The Morgan fingerprint density at radius 3 is 2.48 bits per heavy atom. The first kappa shape index (κ1) is 13.9. The topological polar surface area (TPSA) is 69.6 Å². The molecule has 0 aromatic heterocycles. The Kier molecular flexibility index (Phi) is 3.55. The van der Waals surface area contributed by atoms with Crippen LogP contribution in [0.4, 0.5) is 5.69 Å². The predicted molar refractivity (Wildman–Crippen MR) is 82.8 cm³/mol. The van der Waals surface area contributed by atoms with Gasteiger partial charge in [-0.2, -0.15) is 0 Å². The quantitative estimate of drug-likeness (QED) is 0.762. The van der Waals surface area contributed by atoms with Crippen LogP contribution in [0.1, 0.15) is 29.6 Å². The number of aromatic carboxylic acids is 1. The number of aliphatic hydroxyl groups is 1. The van der Waals surface area contributed by atoms with Crippen LogP contribution in [-0.2, 0) is 0 Å². The lowest BCUT2D eigenvalue weighted by atomic mass is 10.0. The third-order valence-electron chi connectivity index (χ3n) is 4.41. The molecule has 0 heterocycles. The van der Waals surface area contributed by atoms with Crippen LogP contribution < -0.4 is 5.32 Å². The summed E-state index contributed by atoms with van der Waals surface area (Å²) in [5.74, 6) is -0.906. The van der Waals surface area contributed by atoms with E-state index in [1.54, 1.807) is 6.07 Å². The van der Waals surface area contributed by atoms with Crippen LogP contribution in [0.2, 0.25) is 0 Å². The second-order valence-corrected chi connectivity index (χ2v) is 5.84. The number of hydrogen-bond acceptors (Lipinski definition) is 3.